The Morgan fingerprint density at radius 1 is 1.14 bits per heavy atom. The van der Waals surface area contributed by atoms with Crippen LogP contribution in [-0.2, 0) is 10.0 Å². The normalized spacial score (nSPS) is 11.8. The Bertz CT molecular complexity index is 633. The van der Waals surface area contributed by atoms with Gasteiger partial charge in [0, 0.05) is 11.1 Å². The van der Waals surface area contributed by atoms with Gasteiger partial charge in [0.25, 0.3) is 10.0 Å². The van der Waals surface area contributed by atoms with Crippen LogP contribution in [0.4, 0.5) is 4.79 Å². The predicted octanol–water partition coefficient (Wildman–Crippen LogP) is 2.07. The van der Waals surface area contributed by atoms with Gasteiger partial charge < -0.3 is 5.32 Å². The summed E-state index contributed by atoms with van der Waals surface area (Å²) in [6.45, 7) is 6.86. The van der Waals surface area contributed by atoms with Crippen LogP contribution in [0.1, 0.15) is 44.5 Å². The van der Waals surface area contributed by atoms with Crippen LogP contribution in [-0.4, -0.2) is 25.8 Å². The minimum absolute atomic E-state index is 0.0723. The highest BCUT2D eigenvalue weighted by Crippen LogP contribution is 2.12. The van der Waals surface area contributed by atoms with E-state index in [-0.39, 0.29) is 10.7 Å². The Kier molecular flexibility index (Phi) is 5.11. The Balaban J connectivity index is 2.87. The first kappa shape index (κ1) is 17.2. The van der Waals surface area contributed by atoms with E-state index in [0.29, 0.717) is 12.0 Å². The molecule has 0 saturated heterocycles. The van der Waals surface area contributed by atoms with Crippen molar-refractivity contribution in [2.75, 3.05) is 0 Å². The zero-order valence-electron chi connectivity index (χ0n) is 12.6. The van der Waals surface area contributed by atoms with Crippen molar-refractivity contribution in [1.82, 2.24) is 10.0 Å². The molecule has 0 unspecified atom stereocenters. The molecule has 1 rings (SSSR count). The minimum atomic E-state index is -3.96. The molecule has 6 nitrogen and oxygen atoms in total. The fourth-order valence-corrected chi connectivity index (χ4v) is 2.38. The number of amides is 2. The van der Waals surface area contributed by atoms with E-state index < -0.39 is 21.6 Å². The molecular formula is C14H20N2O4S. The van der Waals surface area contributed by atoms with E-state index in [1.165, 1.54) is 31.2 Å². The van der Waals surface area contributed by atoms with Gasteiger partial charge in [0.2, 0.25) is 0 Å². The van der Waals surface area contributed by atoms with Gasteiger partial charge in [-0.05, 0) is 39.3 Å². The molecule has 0 atom stereocenters. The van der Waals surface area contributed by atoms with Crippen molar-refractivity contribution in [1.29, 1.82) is 0 Å². The minimum Gasteiger partial charge on any atom is -0.332 e. The van der Waals surface area contributed by atoms with E-state index in [9.17, 15) is 18.0 Å². The second-order valence-corrected chi connectivity index (χ2v) is 7.06. The van der Waals surface area contributed by atoms with Crippen LogP contribution in [0.5, 0.6) is 0 Å². The third-order valence-electron chi connectivity index (χ3n) is 3.13. The summed E-state index contributed by atoms with van der Waals surface area (Å²) in [7, 11) is -3.96. The Morgan fingerprint density at radius 2 is 1.67 bits per heavy atom. The highest BCUT2D eigenvalue weighted by Gasteiger charge is 2.22. The maximum absolute atomic E-state index is 12.0. The molecule has 0 fully saturated rings. The molecule has 0 aliphatic carbocycles. The lowest BCUT2D eigenvalue weighted by atomic mass is 10.0. The highest BCUT2D eigenvalue weighted by molar-refractivity contribution is 7.90. The van der Waals surface area contributed by atoms with Gasteiger partial charge in [-0.15, -0.1) is 0 Å². The van der Waals surface area contributed by atoms with Crippen LogP contribution in [0.25, 0.3) is 0 Å². The standard InChI is InChI=1S/C14H20N2O4S/c1-5-14(3,4)15-13(18)16-21(19,20)12-8-6-11(7-9-12)10(2)17/h6-9H,5H2,1-4H3,(H2,15,16,18). The number of sulfonamides is 1. The average Bonchev–Trinajstić information content (AvgIpc) is 2.37. The summed E-state index contributed by atoms with van der Waals surface area (Å²) < 4.78 is 26.0. The largest absolute Gasteiger partial charge is 0.332 e. The van der Waals surface area contributed by atoms with Crippen LogP contribution in [0.15, 0.2) is 29.2 Å². The maximum atomic E-state index is 12.0. The van der Waals surface area contributed by atoms with Crippen LogP contribution in [0, 0.1) is 0 Å². The molecule has 0 spiro atoms. The van der Waals surface area contributed by atoms with Crippen LogP contribution < -0.4 is 10.0 Å². The number of hydrogen-bond acceptors (Lipinski definition) is 4. The average molecular weight is 312 g/mol. The Labute approximate surface area is 125 Å². The lowest BCUT2D eigenvalue weighted by Crippen LogP contribution is -2.49. The molecule has 1 aromatic carbocycles. The van der Waals surface area contributed by atoms with Gasteiger partial charge in [0.1, 0.15) is 0 Å². The quantitative estimate of drug-likeness (QED) is 0.814. The van der Waals surface area contributed by atoms with E-state index in [1.54, 1.807) is 13.8 Å². The number of carbonyl (C=O) groups is 2. The number of carbonyl (C=O) groups excluding carboxylic acids is 2. The summed E-state index contributed by atoms with van der Waals surface area (Å²) in [6.07, 6.45) is 0.660. The number of urea groups is 1. The van der Waals surface area contributed by atoms with Crippen LogP contribution in [0.2, 0.25) is 0 Å². The smallest absolute Gasteiger partial charge is 0.329 e. The van der Waals surface area contributed by atoms with E-state index in [1.807, 2.05) is 11.6 Å². The van der Waals surface area contributed by atoms with Gasteiger partial charge in [-0.2, -0.15) is 0 Å². The lowest BCUT2D eigenvalue weighted by Gasteiger charge is -2.24. The monoisotopic (exact) mass is 312 g/mol. The first-order chi connectivity index (χ1) is 9.57. The van der Waals surface area contributed by atoms with E-state index in [2.05, 4.69) is 5.32 Å². The van der Waals surface area contributed by atoms with Crippen molar-refractivity contribution in [3.05, 3.63) is 29.8 Å². The topological polar surface area (TPSA) is 92.3 Å². The van der Waals surface area contributed by atoms with Gasteiger partial charge in [-0.25, -0.2) is 17.9 Å². The van der Waals surface area contributed by atoms with Gasteiger partial charge >= 0.3 is 6.03 Å². The summed E-state index contributed by atoms with van der Waals surface area (Å²) in [5, 5.41) is 2.58. The molecular weight excluding hydrogens is 292 g/mol. The molecule has 7 heteroatoms. The Morgan fingerprint density at radius 3 is 2.10 bits per heavy atom. The van der Waals surface area contributed by atoms with Gasteiger partial charge in [-0.1, -0.05) is 19.1 Å². The highest BCUT2D eigenvalue weighted by atomic mass is 32.2. The Hall–Kier alpha value is -1.89. The molecule has 0 saturated carbocycles. The number of hydrogen-bond donors (Lipinski definition) is 2. The van der Waals surface area contributed by atoms with Crippen LogP contribution >= 0.6 is 0 Å². The van der Waals surface area contributed by atoms with Gasteiger partial charge in [0.15, 0.2) is 5.78 Å². The summed E-state index contributed by atoms with van der Waals surface area (Å²) in [6, 6.07) is 4.61. The van der Waals surface area contributed by atoms with Crippen molar-refractivity contribution in [3.8, 4) is 0 Å². The van der Waals surface area contributed by atoms with Crippen molar-refractivity contribution in [2.24, 2.45) is 0 Å². The first-order valence-electron chi connectivity index (χ1n) is 6.53. The van der Waals surface area contributed by atoms with Gasteiger partial charge in [-0.3, -0.25) is 4.79 Å². The first-order valence-corrected chi connectivity index (χ1v) is 8.02. The van der Waals surface area contributed by atoms with Crippen molar-refractivity contribution in [3.63, 3.8) is 0 Å². The lowest BCUT2D eigenvalue weighted by molar-refractivity contribution is 0.101. The SMILES string of the molecule is CCC(C)(C)NC(=O)NS(=O)(=O)c1ccc(C(C)=O)cc1. The van der Waals surface area contributed by atoms with E-state index >= 15 is 0 Å². The van der Waals surface area contributed by atoms with Crippen molar-refractivity contribution < 1.29 is 18.0 Å². The van der Waals surface area contributed by atoms with Crippen molar-refractivity contribution >= 4 is 21.8 Å². The molecule has 2 N–H and O–H groups in total. The maximum Gasteiger partial charge on any atom is 0.329 e. The number of nitrogens with one attached hydrogen (secondary N) is 2. The third kappa shape index (κ3) is 4.86. The summed E-state index contributed by atoms with van der Waals surface area (Å²) >= 11 is 0. The molecule has 0 heterocycles. The number of ketones is 1. The van der Waals surface area contributed by atoms with Crippen molar-refractivity contribution in [2.45, 2.75) is 44.6 Å². The second-order valence-electron chi connectivity index (χ2n) is 5.38. The molecule has 0 radical (unpaired) electrons. The van der Waals surface area contributed by atoms with E-state index in [0.717, 1.165) is 0 Å². The van der Waals surface area contributed by atoms with E-state index in [4.69, 9.17) is 0 Å². The molecule has 0 aliphatic heterocycles. The second kappa shape index (κ2) is 6.26. The molecule has 1 aromatic rings. The third-order valence-corrected chi connectivity index (χ3v) is 4.48. The number of rotatable bonds is 5. The summed E-state index contributed by atoms with van der Waals surface area (Å²) in [4.78, 5) is 22.8. The van der Waals surface area contributed by atoms with Gasteiger partial charge in [0.05, 0.1) is 4.90 Å². The molecule has 21 heavy (non-hydrogen) atoms. The summed E-state index contributed by atoms with van der Waals surface area (Å²) in [5.41, 5.74) is -0.0940. The number of benzene rings is 1. The predicted molar refractivity (Wildman–Crippen MR) is 79.7 cm³/mol. The van der Waals surface area contributed by atoms with Crippen LogP contribution in [0.3, 0.4) is 0 Å². The molecule has 0 aliphatic rings. The summed E-state index contributed by atoms with van der Waals surface area (Å²) in [5.74, 6) is -0.158. The number of Topliss-reactive ketones (excluding diaryl/α,β-unsaturated/α-hetero) is 1. The fourth-order valence-electron chi connectivity index (χ4n) is 1.47. The zero-order valence-corrected chi connectivity index (χ0v) is 13.4. The fraction of sp³-hybridized carbons (Fsp3) is 0.429. The zero-order chi connectivity index (χ0) is 16.3. The molecule has 0 aromatic heterocycles. The molecule has 2 amide bonds. The molecule has 116 valence electrons. The molecule has 0 bridgehead atoms.